The maximum absolute atomic E-state index is 12.6. The van der Waals surface area contributed by atoms with Crippen molar-refractivity contribution in [2.45, 2.75) is 13.3 Å². The molecule has 3 rings (SSSR count). The number of amides is 1. The van der Waals surface area contributed by atoms with Crippen LogP contribution < -0.4 is 9.64 Å². The normalized spacial score (nSPS) is 15.4. The number of hydrogen-bond donors (Lipinski definition) is 0. The molecule has 1 amide bonds. The first kappa shape index (κ1) is 15.8. The van der Waals surface area contributed by atoms with Crippen molar-refractivity contribution < 1.29 is 9.53 Å². The number of carbonyl (C=O) groups excluding carboxylic acids is 1. The van der Waals surface area contributed by atoms with Gasteiger partial charge in [-0.1, -0.05) is 0 Å². The molecular formula is C17H21N3O2S. The Labute approximate surface area is 140 Å². The molecule has 0 radical (unpaired) electrons. The molecule has 0 unspecified atom stereocenters. The number of aromatic nitrogens is 1. The lowest BCUT2D eigenvalue weighted by Crippen LogP contribution is -2.35. The van der Waals surface area contributed by atoms with Gasteiger partial charge in [-0.25, -0.2) is 4.98 Å². The van der Waals surface area contributed by atoms with E-state index in [2.05, 4.69) is 22.0 Å². The number of methoxy groups -OCH3 is 1. The number of aryl methyl sites for hydroxylation is 1. The van der Waals surface area contributed by atoms with Crippen LogP contribution in [-0.2, 0) is 0 Å². The Hall–Kier alpha value is -2.08. The van der Waals surface area contributed by atoms with Gasteiger partial charge in [-0.2, -0.15) is 0 Å². The molecule has 1 aliphatic heterocycles. The minimum absolute atomic E-state index is 0.113. The Morgan fingerprint density at radius 2 is 1.96 bits per heavy atom. The standard InChI is InChI=1S/C17H21N3O2S/c1-13-16(23-12-18-13)17(21)20-9-3-8-19(10-11-20)14-4-6-15(22-2)7-5-14/h4-7,12H,3,8-11H2,1-2H3. The number of thiazole rings is 1. The number of benzene rings is 1. The fourth-order valence-electron chi connectivity index (χ4n) is 2.82. The zero-order chi connectivity index (χ0) is 16.2. The fraction of sp³-hybridized carbons (Fsp3) is 0.412. The van der Waals surface area contributed by atoms with Crippen molar-refractivity contribution in [3.8, 4) is 5.75 Å². The highest BCUT2D eigenvalue weighted by Gasteiger charge is 2.22. The van der Waals surface area contributed by atoms with Crippen LogP contribution in [0.1, 0.15) is 21.8 Å². The number of nitrogens with zero attached hydrogens (tertiary/aromatic N) is 3. The number of ether oxygens (including phenoxy) is 1. The molecule has 2 heterocycles. The molecule has 0 saturated carbocycles. The van der Waals surface area contributed by atoms with Gasteiger partial charge in [0, 0.05) is 31.9 Å². The molecule has 0 spiro atoms. The number of hydrogen-bond acceptors (Lipinski definition) is 5. The van der Waals surface area contributed by atoms with E-state index >= 15 is 0 Å². The first-order chi connectivity index (χ1) is 11.2. The number of anilines is 1. The summed E-state index contributed by atoms with van der Waals surface area (Å²) in [5.74, 6) is 0.975. The smallest absolute Gasteiger partial charge is 0.265 e. The van der Waals surface area contributed by atoms with E-state index in [1.165, 1.54) is 17.0 Å². The van der Waals surface area contributed by atoms with Gasteiger partial charge >= 0.3 is 0 Å². The summed E-state index contributed by atoms with van der Waals surface area (Å²) in [6.45, 7) is 5.23. The van der Waals surface area contributed by atoms with Crippen LogP contribution in [-0.4, -0.2) is 49.1 Å². The van der Waals surface area contributed by atoms with Crippen LogP contribution in [0.15, 0.2) is 29.8 Å². The van der Waals surface area contributed by atoms with Crippen LogP contribution in [0.5, 0.6) is 5.75 Å². The van der Waals surface area contributed by atoms with Gasteiger partial charge in [0.1, 0.15) is 10.6 Å². The van der Waals surface area contributed by atoms with Gasteiger partial charge in [0.05, 0.1) is 18.3 Å². The van der Waals surface area contributed by atoms with Crippen LogP contribution in [0, 0.1) is 6.92 Å². The number of rotatable bonds is 3. The van der Waals surface area contributed by atoms with E-state index < -0.39 is 0 Å². The molecule has 1 aromatic heterocycles. The van der Waals surface area contributed by atoms with Gasteiger partial charge in [0.2, 0.25) is 0 Å². The molecular weight excluding hydrogens is 310 g/mol. The quantitative estimate of drug-likeness (QED) is 0.868. The third kappa shape index (κ3) is 3.47. The Balaban J connectivity index is 1.67. The SMILES string of the molecule is COc1ccc(N2CCCN(C(=O)c3scnc3C)CC2)cc1. The first-order valence-electron chi connectivity index (χ1n) is 7.77. The first-order valence-corrected chi connectivity index (χ1v) is 8.65. The predicted molar refractivity (Wildman–Crippen MR) is 92.6 cm³/mol. The summed E-state index contributed by atoms with van der Waals surface area (Å²) < 4.78 is 5.21. The molecule has 0 N–H and O–H groups in total. The molecule has 1 aromatic carbocycles. The summed E-state index contributed by atoms with van der Waals surface area (Å²) in [5, 5.41) is 0. The van der Waals surface area contributed by atoms with E-state index in [9.17, 15) is 4.79 Å². The topological polar surface area (TPSA) is 45.7 Å². The molecule has 23 heavy (non-hydrogen) atoms. The lowest BCUT2D eigenvalue weighted by molar-refractivity contribution is 0.0771. The van der Waals surface area contributed by atoms with Crippen LogP contribution in [0.25, 0.3) is 0 Å². The molecule has 6 heteroatoms. The average molecular weight is 331 g/mol. The Kier molecular flexibility index (Phi) is 4.81. The maximum Gasteiger partial charge on any atom is 0.265 e. The second kappa shape index (κ2) is 7.00. The van der Waals surface area contributed by atoms with Gasteiger partial charge in [-0.3, -0.25) is 4.79 Å². The van der Waals surface area contributed by atoms with E-state index in [4.69, 9.17) is 4.74 Å². The van der Waals surface area contributed by atoms with Gasteiger partial charge in [0.25, 0.3) is 5.91 Å². The second-order valence-corrected chi connectivity index (χ2v) is 6.45. The zero-order valence-corrected chi connectivity index (χ0v) is 14.3. The zero-order valence-electron chi connectivity index (χ0n) is 13.5. The summed E-state index contributed by atoms with van der Waals surface area (Å²) in [7, 11) is 1.67. The second-order valence-electron chi connectivity index (χ2n) is 5.60. The van der Waals surface area contributed by atoms with E-state index in [1.54, 1.807) is 12.6 Å². The molecule has 0 bridgehead atoms. The fourth-order valence-corrected chi connectivity index (χ4v) is 3.59. The molecule has 1 aliphatic rings. The van der Waals surface area contributed by atoms with Crippen molar-refractivity contribution in [2.75, 3.05) is 38.2 Å². The molecule has 1 fully saturated rings. The van der Waals surface area contributed by atoms with E-state index in [0.717, 1.165) is 48.9 Å². The summed E-state index contributed by atoms with van der Waals surface area (Å²) in [4.78, 5) is 21.8. The van der Waals surface area contributed by atoms with Crippen LogP contribution in [0.3, 0.4) is 0 Å². The maximum atomic E-state index is 12.6. The van der Waals surface area contributed by atoms with Crippen molar-refractivity contribution >= 4 is 22.9 Å². The molecule has 1 saturated heterocycles. The molecule has 0 atom stereocenters. The van der Waals surface area contributed by atoms with Gasteiger partial charge < -0.3 is 14.5 Å². The van der Waals surface area contributed by atoms with Crippen LogP contribution in [0.4, 0.5) is 5.69 Å². The summed E-state index contributed by atoms with van der Waals surface area (Å²) >= 11 is 1.43. The van der Waals surface area contributed by atoms with Crippen molar-refractivity contribution in [1.82, 2.24) is 9.88 Å². The third-order valence-electron chi connectivity index (χ3n) is 4.16. The molecule has 0 aliphatic carbocycles. The van der Waals surface area contributed by atoms with Gasteiger partial charge in [0.15, 0.2) is 0 Å². The molecule has 122 valence electrons. The summed E-state index contributed by atoms with van der Waals surface area (Å²) in [6.07, 6.45) is 0.968. The van der Waals surface area contributed by atoms with E-state index in [0.29, 0.717) is 0 Å². The minimum Gasteiger partial charge on any atom is -0.497 e. The van der Waals surface area contributed by atoms with Crippen LogP contribution in [0.2, 0.25) is 0 Å². The van der Waals surface area contributed by atoms with Crippen molar-refractivity contribution in [3.63, 3.8) is 0 Å². The van der Waals surface area contributed by atoms with Crippen LogP contribution >= 0.6 is 11.3 Å². The van der Waals surface area contributed by atoms with Crippen molar-refractivity contribution in [1.29, 1.82) is 0 Å². The third-order valence-corrected chi connectivity index (χ3v) is 5.08. The van der Waals surface area contributed by atoms with Crippen molar-refractivity contribution in [2.24, 2.45) is 0 Å². The highest BCUT2D eigenvalue weighted by Crippen LogP contribution is 2.22. The Morgan fingerprint density at radius 1 is 1.17 bits per heavy atom. The summed E-state index contributed by atoms with van der Waals surface area (Å²) in [6, 6.07) is 8.10. The van der Waals surface area contributed by atoms with E-state index in [-0.39, 0.29) is 5.91 Å². The lowest BCUT2D eigenvalue weighted by atomic mass is 10.2. The van der Waals surface area contributed by atoms with Gasteiger partial charge in [-0.15, -0.1) is 11.3 Å². The predicted octanol–water partition coefficient (Wildman–Crippen LogP) is 2.81. The number of carbonyl (C=O) groups is 1. The average Bonchev–Trinajstić information content (AvgIpc) is 2.86. The highest BCUT2D eigenvalue weighted by atomic mass is 32.1. The Morgan fingerprint density at radius 3 is 2.61 bits per heavy atom. The van der Waals surface area contributed by atoms with E-state index in [1.807, 2.05) is 24.0 Å². The molecule has 2 aromatic rings. The largest absolute Gasteiger partial charge is 0.497 e. The Bertz CT molecular complexity index is 669. The lowest BCUT2D eigenvalue weighted by Gasteiger charge is -2.23. The minimum atomic E-state index is 0.113. The summed E-state index contributed by atoms with van der Waals surface area (Å²) in [5.41, 5.74) is 3.75. The highest BCUT2D eigenvalue weighted by molar-refractivity contribution is 7.11. The monoisotopic (exact) mass is 331 g/mol. The van der Waals surface area contributed by atoms with Crippen molar-refractivity contribution in [3.05, 3.63) is 40.3 Å². The van der Waals surface area contributed by atoms with Gasteiger partial charge in [-0.05, 0) is 37.6 Å². The molecule has 5 nitrogen and oxygen atoms in total.